The lowest BCUT2D eigenvalue weighted by Crippen LogP contribution is -2.11. The van der Waals surface area contributed by atoms with Crippen molar-refractivity contribution in [3.63, 3.8) is 0 Å². The number of hydrogen-bond acceptors (Lipinski definition) is 3. The summed E-state index contributed by atoms with van der Waals surface area (Å²) in [5.74, 6) is 0. The number of benzene rings is 1. The highest BCUT2D eigenvalue weighted by atomic mass is 32.2. The molecule has 0 spiro atoms. The van der Waals surface area contributed by atoms with Gasteiger partial charge in [-0.2, -0.15) is 5.10 Å². The summed E-state index contributed by atoms with van der Waals surface area (Å²) in [5, 5.41) is 5.80. The Balaban J connectivity index is 2.55. The van der Waals surface area contributed by atoms with E-state index in [1.54, 1.807) is 0 Å². The predicted molar refractivity (Wildman–Crippen MR) is 81.8 cm³/mol. The van der Waals surface area contributed by atoms with E-state index in [1.165, 1.54) is 0 Å². The minimum absolute atomic E-state index is 0.128. The van der Waals surface area contributed by atoms with E-state index in [9.17, 15) is 0 Å². The van der Waals surface area contributed by atoms with E-state index in [2.05, 4.69) is 38.0 Å². The molecule has 0 aliphatic rings. The van der Waals surface area contributed by atoms with Crippen molar-refractivity contribution in [2.45, 2.75) is 44.0 Å². The van der Waals surface area contributed by atoms with Crippen molar-refractivity contribution < 1.29 is 0 Å². The van der Waals surface area contributed by atoms with Gasteiger partial charge in [0.05, 0.1) is 11.4 Å². The molecule has 0 aliphatic heterocycles. The average Bonchev–Trinajstić information content (AvgIpc) is 2.64. The van der Waals surface area contributed by atoms with Gasteiger partial charge in [-0.25, -0.2) is 4.68 Å². The number of rotatable bonds is 3. The summed E-state index contributed by atoms with van der Waals surface area (Å²) in [6.07, 6.45) is 0. The van der Waals surface area contributed by atoms with Crippen LogP contribution in [0.3, 0.4) is 0 Å². The highest BCUT2D eigenvalue weighted by Crippen LogP contribution is 2.36. The molecule has 102 valence electrons. The lowest BCUT2D eigenvalue weighted by molar-refractivity contribution is 0.759. The third kappa shape index (κ3) is 3.19. The predicted octanol–water partition coefficient (Wildman–Crippen LogP) is 3.53. The first-order chi connectivity index (χ1) is 8.92. The van der Waals surface area contributed by atoms with Crippen molar-refractivity contribution >= 4 is 11.8 Å². The zero-order valence-corrected chi connectivity index (χ0v) is 12.8. The smallest absolute Gasteiger partial charge is 0.105 e. The molecule has 2 rings (SSSR count). The summed E-state index contributed by atoms with van der Waals surface area (Å²) in [5.41, 5.74) is 9.13. The summed E-state index contributed by atoms with van der Waals surface area (Å²) in [6.45, 7) is 9.16. The SMILES string of the molecule is Cc1nn(-c2ccccc2)c(SC(C)(C)C)c1CN. The number of nitrogens with zero attached hydrogens (tertiary/aromatic N) is 2. The van der Waals surface area contributed by atoms with Gasteiger partial charge in [-0.3, -0.25) is 0 Å². The van der Waals surface area contributed by atoms with E-state index in [1.807, 2.05) is 41.6 Å². The van der Waals surface area contributed by atoms with E-state index in [0.717, 1.165) is 22.0 Å². The Hall–Kier alpha value is -1.26. The van der Waals surface area contributed by atoms with Crippen LogP contribution in [0.2, 0.25) is 0 Å². The zero-order valence-electron chi connectivity index (χ0n) is 12.0. The second-order valence-electron chi connectivity index (χ2n) is 5.54. The van der Waals surface area contributed by atoms with Crippen molar-refractivity contribution in [1.29, 1.82) is 0 Å². The molecular formula is C15H21N3S. The Kier molecular flexibility index (Phi) is 4.02. The summed E-state index contributed by atoms with van der Waals surface area (Å²) >= 11 is 1.81. The summed E-state index contributed by atoms with van der Waals surface area (Å²) in [7, 11) is 0. The number of aryl methyl sites for hydroxylation is 1. The molecule has 0 fully saturated rings. The highest BCUT2D eigenvalue weighted by Gasteiger charge is 2.21. The molecule has 3 nitrogen and oxygen atoms in total. The van der Waals surface area contributed by atoms with E-state index in [-0.39, 0.29) is 4.75 Å². The molecule has 0 atom stereocenters. The molecular weight excluding hydrogens is 254 g/mol. The van der Waals surface area contributed by atoms with Crippen LogP contribution in [0, 0.1) is 6.92 Å². The van der Waals surface area contributed by atoms with Crippen LogP contribution >= 0.6 is 11.8 Å². The molecule has 1 aromatic carbocycles. The van der Waals surface area contributed by atoms with Crippen LogP contribution in [0.4, 0.5) is 0 Å². The van der Waals surface area contributed by atoms with Crippen molar-refractivity contribution in [3.05, 3.63) is 41.6 Å². The third-order valence-corrected chi connectivity index (χ3v) is 3.97. The average molecular weight is 275 g/mol. The molecule has 1 heterocycles. The maximum absolute atomic E-state index is 5.90. The molecule has 4 heteroatoms. The van der Waals surface area contributed by atoms with Crippen LogP contribution in [0.5, 0.6) is 0 Å². The summed E-state index contributed by atoms with van der Waals surface area (Å²) in [6, 6.07) is 10.2. The Morgan fingerprint density at radius 3 is 2.37 bits per heavy atom. The van der Waals surface area contributed by atoms with Crippen molar-refractivity contribution in [2.24, 2.45) is 5.73 Å². The lowest BCUT2D eigenvalue weighted by atomic mass is 10.2. The Morgan fingerprint density at radius 2 is 1.84 bits per heavy atom. The van der Waals surface area contributed by atoms with Crippen molar-refractivity contribution in [1.82, 2.24) is 9.78 Å². The second kappa shape index (κ2) is 5.39. The fourth-order valence-electron chi connectivity index (χ4n) is 1.91. The Morgan fingerprint density at radius 1 is 1.21 bits per heavy atom. The monoisotopic (exact) mass is 275 g/mol. The third-order valence-electron chi connectivity index (χ3n) is 2.75. The van der Waals surface area contributed by atoms with E-state index < -0.39 is 0 Å². The summed E-state index contributed by atoms with van der Waals surface area (Å²) in [4.78, 5) is 0. The van der Waals surface area contributed by atoms with Gasteiger partial charge in [-0.1, -0.05) is 39.0 Å². The van der Waals surface area contributed by atoms with Crippen LogP contribution < -0.4 is 5.73 Å². The number of hydrogen-bond donors (Lipinski definition) is 1. The van der Waals surface area contributed by atoms with E-state index in [0.29, 0.717) is 6.54 Å². The highest BCUT2D eigenvalue weighted by molar-refractivity contribution is 8.00. The number of thioether (sulfide) groups is 1. The molecule has 2 aromatic rings. The lowest BCUT2D eigenvalue weighted by Gasteiger charge is -2.19. The van der Waals surface area contributed by atoms with E-state index >= 15 is 0 Å². The summed E-state index contributed by atoms with van der Waals surface area (Å²) < 4.78 is 2.14. The van der Waals surface area contributed by atoms with Gasteiger partial charge in [0, 0.05) is 16.9 Å². The fourth-order valence-corrected chi connectivity index (χ4v) is 3.08. The first-order valence-corrected chi connectivity index (χ1v) is 7.27. The maximum Gasteiger partial charge on any atom is 0.105 e. The Bertz CT molecular complexity index is 553. The molecule has 2 N–H and O–H groups in total. The quantitative estimate of drug-likeness (QED) is 0.871. The molecule has 19 heavy (non-hydrogen) atoms. The normalized spacial score (nSPS) is 11.8. The zero-order chi connectivity index (χ0) is 14.0. The number of nitrogens with two attached hydrogens (primary N) is 1. The molecule has 0 amide bonds. The molecule has 0 saturated heterocycles. The van der Waals surface area contributed by atoms with Gasteiger partial charge in [0.25, 0.3) is 0 Å². The molecule has 0 unspecified atom stereocenters. The number of para-hydroxylation sites is 1. The van der Waals surface area contributed by atoms with Gasteiger partial charge in [-0.15, -0.1) is 11.8 Å². The van der Waals surface area contributed by atoms with Crippen LogP contribution in [0.15, 0.2) is 35.4 Å². The maximum atomic E-state index is 5.90. The van der Waals surface area contributed by atoms with Crippen molar-refractivity contribution in [2.75, 3.05) is 0 Å². The van der Waals surface area contributed by atoms with E-state index in [4.69, 9.17) is 5.73 Å². The fraction of sp³-hybridized carbons (Fsp3) is 0.400. The Labute approximate surface area is 119 Å². The molecule has 0 aliphatic carbocycles. The standard InChI is InChI=1S/C15H21N3S/c1-11-13(10-16)14(19-15(2,3)4)18(17-11)12-8-6-5-7-9-12/h5-9H,10,16H2,1-4H3. The molecule has 0 bridgehead atoms. The van der Waals surface area contributed by atoms with Gasteiger partial charge >= 0.3 is 0 Å². The minimum atomic E-state index is 0.128. The minimum Gasteiger partial charge on any atom is -0.326 e. The van der Waals surface area contributed by atoms with Crippen LogP contribution in [0.25, 0.3) is 5.69 Å². The first-order valence-electron chi connectivity index (χ1n) is 6.45. The van der Waals surface area contributed by atoms with Gasteiger partial charge < -0.3 is 5.73 Å². The largest absolute Gasteiger partial charge is 0.326 e. The first kappa shape index (κ1) is 14.2. The van der Waals surface area contributed by atoms with Gasteiger partial charge in [0.15, 0.2) is 0 Å². The topological polar surface area (TPSA) is 43.8 Å². The van der Waals surface area contributed by atoms with Crippen LogP contribution in [-0.4, -0.2) is 14.5 Å². The van der Waals surface area contributed by atoms with Crippen molar-refractivity contribution in [3.8, 4) is 5.69 Å². The number of aromatic nitrogens is 2. The molecule has 0 radical (unpaired) electrons. The molecule has 1 aromatic heterocycles. The van der Waals surface area contributed by atoms with Gasteiger partial charge in [0.1, 0.15) is 5.03 Å². The molecule has 0 saturated carbocycles. The second-order valence-corrected chi connectivity index (χ2v) is 7.35. The van der Waals surface area contributed by atoms with Crippen LogP contribution in [0.1, 0.15) is 32.0 Å². The van der Waals surface area contributed by atoms with Crippen LogP contribution in [-0.2, 0) is 6.54 Å². The van der Waals surface area contributed by atoms with Gasteiger partial charge in [0.2, 0.25) is 0 Å². The van der Waals surface area contributed by atoms with Gasteiger partial charge in [-0.05, 0) is 19.1 Å².